The molecule has 170 valence electrons. The number of amides is 1. The Balaban J connectivity index is 1.76. The second kappa shape index (κ2) is 8.50. The molecular weight excluding hydrogens is 411 g/mol. The van der Waals surface area contributed by atoms with E-state index >= 15 is 0 Å². The number of methoxy groups -OCH3 is 1. The van der Waals surface area contributed by atoms with Crippen molar-refractivity contribution in [3.05, 3.63) is 35.8 Å². The number of aromatic nitrogens is 3. The Hall–Kier alpha value is -3.00. The fourth-order valence-electron chi connectivity index (χ4n) is 3.83. The Morgan fingerprint density at radius 3 is 2.81 bits per heavy atom. The second-order valence-corrected chi connectivity index (χ2v) is 9.49. The summed E-state index contributed by atoms with van der Waals surface area (Å²) in [6.45, 7) is 8.93. The van der Waals surface area contributed by atoms with Gasteiger partial charge in [-0.15, -0.1) is 0 Å². The predicted octanol–water partition coefficient (Wildman–Crippen LogP) is 4.58. The van der Waals surface area contributed by atoms with E-state index in [0.717, 1.165) is 5.56 Å². The number of fused-ring (bicyclic) bond motifs is 2. The zero-order chi connectivity index (χ0) is 23.0. The van der Waals surface area contributed by atoms with Crippen LogP contribution >= 0.6 is 0 Å². The average molecular weight is 441 g/mol. The predicted molar refractivity (Wildman–Crippen MR) is 121 cm³/mol. The summed E-state index contributed by atoms with van der Waals surface area (Å²) in [5, 5.41) is 8.22. The molecule has 1 aromatic carbocycles. The summed E-state index contributed by atoms with van der Waals surface area (Å²) < 4.78 is 27.2. The summed E-state index contributed by atoms with van der Waals surface area (Å²) in [5.74, 6) is 0.609. The van der Waals surface area contributed by atoms with E-state index in [4.69, 9.17) is 9.47 Å². The molecule has 2 aromatic heterocycles. The Bertz CT molecular complexity index is 1170. The minimum atomic E-state index is -0.279. The normalized spacial score (nSPS) is 14.3. The van der Waals surface area contributed by atoms with E-state index in [0.29, 0.717) is 59.7 Å². The molecule has 3 heterocycles. The first-order chi connectivity index (χ1) is 15.1. The van der Waals surface area contributed by atoms with Gasteiger partial charge in [0.25, 0.3) is 0 Å². The highest BCUT2D eigenvalue weighted by atomic mass is 19.1. The Morgan fingerprint density at radius 2 is 2.09 bits per heavy atom. The fraction of sp³-hybridized carbons (Fsp3) is 0.458. The van der Waals surface area contributed by atoms with Crippen molar-refractivity contribution in [2.45, 2.75) is 53.2 Å². The van der Waals surface area contributed by atoms with Crippen LogP contribution in [-0.2, 0) is 22.5 Å². The smallest absolute Gasteiger partial charge is 0.226 e. The molecule has 0 saturated heterocycles. The third kappa shape index (κ3) is 4.60. The number of hydrogen-bond acceptors (Lipinski definition) is 5. The van der Waals surface area contributed by atoms with E-state index in [1.165, 1.54) is 6.07 Å². The summed E-state index contributed by atoms with van der Waals surface area (Å²) in [6.07, 6.45) is 2.54. The number of pyridine rings is 1. The number of halogens is 1. The van der Waals surface area contributed by atoms with Gasteiger partial charge in [0.2, 0.25) is 5.91 Å². The van der Waals surface area contributed by atoms with Crippen molar-refractivity contribution in [1.29, 1.82) is 0 Å². The number of benzene rings is 1. The largest absolute Gasteiger partial charge is 0.493 e. The Labute approximate surface area is 186 Å². The van der Waals surface area contributed by atoms with Crippen LogP contribution in [0.15, 0.2) is 24.4 Å². The molecule has 0 saturated carbocycles. The van der Waals surface area contributed by atoms with E-state index < -0.39 is 0 Å². The number of ether oxygens (including phenoxy) is 2. The first-order valence-corrected chi connectivity index (χ1v) is 10.8. The van der Waals surface area contributed by atoms with Crippen LogP contribution in [0.25, 0.3) is 22.2 Å². The van der Waals surface area contributed by atoms with E-state index in [9.17, 15) is 9.18 Å². The molecule has 1 N–H and O–H groups in total. The molecule has 32 heavy (non-hydrogen) atoms. The van der Waals surface area contributed by atoms with Crippen molar-refractivity contribution in [2.75, 3.05) is 19.0 Å². The quantitative estimate of drug-likeness (QED) is 0.607. The lowest BCUT2D eigenvalue weighted by Crippen LogP contribution is -2.20. The minimum absolute atomic E-state index is 0.0827. The molecule has 8 heteroatoms. The number of carbonyl (C=O) groups is 1. The minimum Gasteiger partial charge on any atom is -0.493 e. The molecule has 0 bridgehead atoms. The molecule has 4 rings (SSSR count). The monoisotopic (exact) mass is 440 g/mol. The lowest BCUT2D eigenvalue weighted by Gasteiger charge is -2.16. The highest BCUT2D eigenvalue weighted by Crippen LogP contribution is 2.35. The van der Waals surface area contributed by atoms with E-state index in [1.54, 1.807) is 18.0 Å². The topological polar surface area (TPSA) is 78.3 Å². The van der Waals surface area contributed by atoms with Gasteiger partial charge in [0.05, 0.1) is 24.6 Å². The number of anilines is 1. The van der Waals surface area contributed by atoms with Crippen LogP contribution in [0, 0.1) is 11.2 Å². The van der Waals surface area contributed by atoms with Crippen molar-refractivity contribution in [2.24, 2.45) is 5.41 Å². The van der Waals surface area contributed by atoms with Gasteiger partial charge in [-0.1, -0.05) is 20.8 Å². The van der Waals surface area contributed by atoms with Crippen LogP contribution < -0.4 is 10.1 Å². The van der Waals surface area contributed by atoms with Crippen molar-refractivity contribution in [1.82, 2.24) is 14.8 Å². The van der Waals surface area contributed by atoms with Crippen LogP contribution in [0.4, 0.5) is 10.2 Å². The maximum absolute atomic E-state index is 14.6. The highest BCUT2D eigenvalue weighted by molar-refractivity contribution is 6.00. The number of rotatable bonds is 6. The summed E-state index contributed by atoms with van der Waals surface area (Å²) in [7, 11) is 1.64. The van der Waals surface area contributed by atoms with Crippen LogP contribution in [-0.4, -0.2) is 40.5 Å². The van der Waals surface area contributed by atoms with Gasteiger partial charge in [0.1, 0.15) is 11.6 Å². The van der Waals surface area contributed by atoms with Gasteiger partial charge < -0.3 is 14.8 Å². The maximum Gasteiger partial charge on any atom is 0.226 e. The third-order valence-electron chi connectivity index (χ3n) is 5.47. The van der Waals surface area contributed by atoms with Gasteiger partial charge in [-0.25, -0.2) is 14.1 Å². The van der Waals surface area contributed by atoms with Gasteiger partial charge in [0, 0.05) is 37.3 Å². The molecule has 0 radical (unpaired) electrons. The zero-order valence-electron chi connectivity index (χ0n) is 19.2. The number of nitrogens with zero attached hydrogens (tertiary/aromatic N) is 3. The molecule has 0 fully saturated rings. The lowest BCUT2D eigenvalue weighted by atomic mass is 9.92. The highest BCUT2D eigenvalue weighted by Gasteiger charge is 2.22. The van der Waals surface area contributed by atoms with Gasteiger partial charge in [-0.2, -0.15) is 5.10 Å². The summed E-state index contributed by atoms with van der Waals surface area (Å²) in [5.41, 5.74) is 2.47. The second-order valence-electron chi connectivity index (χ2n) is 9.49. The van der Waals surface area contributed by atoms with Crippen LogP contribution in [0.1, 0.15) is 39.7 Å². The fourth-order valence-corrected chi connectivity index (χ4v) is 3.83. The van der Waals surface area contributed by atoms with Crippen LogP contribution in [0.2, 0.25) is 0 Å². The number of carbonyl (C=O) groups excluding carboxylic acids is 1. The molecule has 1 unspecified atom stereocenters. The molecule has 1 aliphatic rings. The van der Waals surface area contributed by atoms with Crippen LogP contribution in [0.5, 0.6) is 5.75 Å². The van der Waals surface area contributed by atoms with E-state index in [-0.39, 0.29) is 23.2 Å². The average Bonchev–Trinajstić information content (AvgIpc) is 3.31. The molecule has 0 spiro atoms. The summed E-state index contributed by atoms with van der Waals surface area (Å²) in [6, 6.07) is 5.22. The molecule has 1 atom stereocenters. The molecule has 1 aliphatic heterocycles. The first kappa shape index (κ1) is 22.2. The standard InChI is InChI=1S/C24H29FN4O3/c1-14(31-5)13-29-23-18(22(28-29)27-21(30)11-24(2,3)4)8-16(12-26-23)15-9-19(25)17-6-7-32-20(17)10-15/h8-10,12,14H,6-7,11,13H2,1-5H3,(H,27,28,30). The van der Waals surface area contributed by atoms with E-state index in [1.807, 2.05) is 39.8 Å². The summed E-state index contributed by atoms with van der Waals surface area (Å²) in [4.78, 5) is 17.2. The van der Waals surface area contributed by atoms with Gasteiger partial charge in [0.15, 0.2) is 11.5 Å². The SMILES string of the molecule is COC(C)Cn1nc(NC(=O)CC(C)(C)C)c2cc(-c3cc(F)c4c(c3)OCC4)cnc21. The molecule has 0 aliphatic carbocycles. The van der Waals surface area contributed by atoms with Crippen LogP contribution in [0.3, 0.4) is 0 Å². The Morgan fingerprint density at radius 1 is 1.31 bits per heavy atom. The maximum atomic E-state index is 14.6. The first-order valence-electron chi connectivity index (χ1n) is 10.8. The van der Waals surface area contributed by atoms with Crippen molar-refractivity contribution >= 4 is 22.8 Å². The number of hydrogen-bond donors (Lipinski definition) is 1. The Kier molecular flexibility index (Phi) is 5.90. The zero-order valence-corrected chi connectivity index (χ0v) is 19.2. The van der Waals surface area contributed by atoms with Gasteiger partial charge >= 0.3 is 0 Å². The third-order valence-corrected chi connectivity index (χ3v) is 5.47. The van der Waals surface area contributed by atoms with Crippen molar-refractivity contribution < 1.29 is 18.7 Å². The van der Waals surface area contributed by atoms with Crippen molar-refractivity contribution in [3.63, 3.8) is 0 Å². The molecule has 3 aromatic rings. The summed E-state index contributed by atoms with van der Waals surface area (Å²) >= 11 is 0. The lowest BCUT2D eigenvalue weighted by molar-refractivity contribution is -0.117. The molecular formula is C24H29FN4O3. The molecule has 1 amide bonds. The number of nitrogens with one attached hydrogen (secondary N) is 1. The van der Waals surface area contributed by atoms with Gasteiger partial charge in [-0.05, 0) is 36.1 Å². The van der Waals surface area contributed by atoms with E-state index in [2.05, 4.69) is 15.4 Å². The van der Waals surface area contributed by atoms with Gasteiger partial charge in [-0.3, -0.25) is 4.79 Å². The van der Waals surface area contributed by atoms with Crippen molar-refractivity contribution in [3.8, 4) is 16.9 Å². The molecule has 7 nitrogen and oxygen atoms in total.